The molecule has 0 aliphatic heterocycles. The lowest BCUT2D eigenvalue weighted by Crippen LogP contribution is -2.21. The Hall–Kier alpha value is -0.0400. The summed E-state index contributed by atoms with van der Waals surface area (Å²) in [4.78, 5) is 0. The summed E-state index contributed by atoms with van der Waals surface area (Å²) in [5.74, 6) is 0.692. The standard InChI is InChI=1S/C11H20O/c1-2-3-6-11-7-4-5-10(12)9(11)8-11/h9-10,12H,2-8H2,1H3/t9-,10-,11-/m0/s1. The van der Waals surface area contributed by atoms with Crippen LogP contribution < -0.4 is 0 Å². The highest BCUT2D eigenvalue weighted by Crippen LogP contribution is 2.63. The van der Waals surface area contributed by atoms with Crippen molar-refractivity contribution in [3.63, 3.8) is 0 Å². The molecule has 70 valence electrons. The highest BCUT2D eigenvalue weighted by Gasteiger charge is 2.57. The summed E-state index contributed by atoms with van der Waals surface area (Å²) in [5.41, 5.74) is 0.619. The molecule has 0 heterocycles. The van der Waals surface area contributed by atoms with E-state index in [2.05, 4.69) is 6.92 Å². The molecule has 0 bridgehead atoms. The van der Waals surface area contributed by atoms with Crippen molar-refractivity contribution in [2.24, 2.45) is 11.3 Å². The van der Waals surface area contributed by atoms with Gasteiger partial charge in [0.1, 0.15) is 0 Å². The molecule has 0 aromatic carbocycles. The Labute approximate surface area is 75.2 Å². The van der Waals surface area contributed by atoms with Crippen molar-refractivity contribution in [2.75, 3.05) is 0 Å². The first-order valence-electron chi connectivity index (χ1n) is 5.46. The summed E-state index contributed by atoms with van der Waals surface area (Å²) in [6.07, 6.45) is 9.16. The summed E-state index contributed by atoms with van der Waals surface area (Å²) in [6, 6.07) is 0. The lowest BCUT2D eigenvalue weighted by Gasteiger charge is -2.25. The summed E-state index contributed by atoms with van der Waals surface area (Å²) >= 11 is 0. The molecule has 2 fully saturated rings. The second-order valence-electron chi connectivity index (χ2n) is 4.74. The van der Waals surface area contributed by atoms with Gasteiger partial charge in [0.2, 0.25) is 0 Å². The number of aliphatic hydroxyl groups is 1. The molecule has 1 heteroatoms. The van der Waals surface area contributed by atoms with Gasteiger partial charge in [-0.25, -0.2) is 0 Å². The van der Waals surface area contributed by atoms with Crippen molar-refractivity contribution in [1.82, 2.24) is 0 Å². The van der Waals surface area contributed by atoms with Crippen molar-refractivity contribution in [2.45, 2.75) is 58.0 Å². The Morgan fingerprint density at radius 3 is 3.08 bits per heavy atom. The zero-order chi connectivity index (χ0) is 8.60. The molecule has 0 unspecified atom stereocenters. The average molecular weight is 168 g/mol. The van der Waals surface area contributed by atoms with Gasteiger partial charge in [0.15, 0.2) is 0 Å². The lowest BCUT2D eigenvalue weighted by atomic mass is 9.83. The van der Waals surface area contributed by atoms with Crippen LogP contribution in [0.3, 0.4) is 0 Å². The zero-order valence-corrected chi connectivity index (χ0v) is 8.05. The van der Waals surface area contributed by atoms with Crippen LogP contribution in [0.1, 0.15) is 51.9 Å². The van der Waals surface area contributed by atoms with Crippen molar-refractivity contribution in [3.05, 3.63) is 0 Å². The van der Waals surface area contributed by atoms with Crippen LogP contribution in [-0.4, -0.2) is 11.2 Å². The molecule has 0 radical (unpaired) electrons. The van der Waals surface area contributed by atoms with Gasteiger partial charge < -0.3 is 5.11 Å². The van der Waals surface area contributed by atoms with Gasteiger partial charge in [0.05, 0.1) is 6.10 Å². The number of hydrogen-bond donors (Lipinski definition) is 1. The van der Waals surface area contributed by atoms with E-state index in [1.807, 2.05) is 0 Å². The number of fused-ring (bicyclic) bond motifs is 1. The first-order valence-corrected chi connectivity index (χ1v) is 5.46. The van der Waals surface area contributed by atoms with Gasteiger partial charge in [-0.05, 0) is 37.0 Å². The molecule has 2 aliphatic carbocycles. The first-order chi connectivity index (χ1) is 5.78. The fourth-order valence-corrected chi connectivity index (χ4v) is 3.02. The molecular formula is C11H20O. The quantitative estimate of drug-likeness (QED) is 0.687. The fraction of sp³-hybridized carbons (Fsp3) is 1.00. The topological polar surface area (TPSA) is 20.2 Å². The van der Waals surface area contributed by atoms with E-state index in [4.69, 9.17) is 0 Å². The normalized spacial score (nSPS) is 45.5. The molecule has 2 aliphatic rings. The van der Waals surface area contributed by atoms with Crippen molar-refractivity contribution >= 4 is 0 Å². The molecular weight excluding hydrogens is 148 g/mol. The molecule has 0 spiro atoms. The van der Waals surface area contributed by atoms with Crippen molar-refractivity contribution < 1.29 is 5.11 Å². The number of hydrogen-bond acceptors (Lipinski definition) is 1. The van der Waals surface area contributed by atoms with Gasteiger partial charge in [-0.15, -0.1) is 0 Å². The highest BCUT2D eigenvalue weighted by atomic mass is 16.3. The van der Waals surface area contributed by atoms with E-state index in [1.54, 1.807) is 0 Å². The Kier molecular flexibility index (Phi) is 2.16. The molecule has 0 aromatic heterocycles. The average Bonchev–Trinajstić information content (AvgIpc) is 2.78. The second-order valence-corrected chi connectivity index (χ2v) is 4.74. The van der Waals surface area contributed by atoms with Gasteiger partial charge in [-0.2, -0.15) is 0 Å². The molecule has 0 aromatic rings. The summed E-state index contributed by atoms with van der Waals surface area (Å²) in [5, 5.41) is 9.68. The third-order valence-corrected chi connectivity index (χ3v) is 3.92. The maximum Gasteiger partial charge on any atom is 0.0573 e. The van der Waals surface area contributed by atoms with Crippen LogP contribution in [0, 0.1) is 11.3 Å². The molecule has 1 N–H and O–H groups in total. The van der Waals surface area contributed by atoms with E-state index in [-0.39, 0.29) is 6.10 Å². The maximum absolute atomic E-state index is 9.68. The van der Waals surface area contributed by atoms with Gasteiger partial charge in [-0.3, -0.25) is 0 Å². The number of aliphatic hydroxyl groups excluding tert-OH is 1. The van der Waals surface area contributed by atoms with Gasteiger partial charge in [-0.1, -0.05) is 26.2 Å². The van der Waals surface area contributed by atoms with Crippen LogP contribution in [0.4, 0.5) is 0 Å². The Morgan fingerprint density at radius 2 is 2.33 bits per heavy atom. The van der Waals surface area contributed by atoms with Crippen LogP contribution in [0.15, 0.2) is 0 Å². The fourth-order valence-electron chi connectivity index (χ4n) is 3.02. The highest BCUT2D eigenvalue weighted by molar-refractivity contribution is 5.07. The Morgan fingerprint density at radius 1 is 1.50 bits per heavy atom. The summed E-state index contributed by atoms with van der Waals surface area (Å²) < 4.78 is 0. The van der Waals surface area contributed by atoms with Crippen LogP contribution in [0.25, 0.3) is 0 Å². The molecule has 3 atom stereocenters. The summed E-state index contributed by atoms with van der Waals surface area (Å²) in [7, 11) is 0. The van der Waals surface area contributed by atoms with Crippen LogP contribution in [-0.2, 0) is 0 Å². The van der Waals surface area contributed by atoms with Crippen LogP contribution in [0.5, 0.6) is 0 Å². The third-order valence-electron chi connectivity index (χ3n) is 3.92. The van der Waals surface area contributed by atoms with Crippen molar-refractivity contribution in [3.8, 4) is 0 Å². The lowest BCUT2D eigenvalue weighted by molar-refractivity contribution is 0.0897. The van der Waals surface area contributed by atoms with Gasteiger partial charge in [0, 0.05) is 0 Å². The van der Waals surface area contributed by atoms with E-state index in [0.29, 0.717) is 11.3 Å². The minimum absolute atomic E-state index is 0.0515. The van der Waals surface area contributed by atoms with Gasteiger partial charge in [0.25, 0.3) is 0 Å². The van der Waals surface area contributed by atoms with E-state index in [1.165, 1.54) is 38.5 Å². The molecule has 0 saturated heterocycles. The predicted octanol–water partition coefficient (Wildman–Crippen LogP) is 2.73. The minimum atomic E-state index is 0.0515. The van der Waals surface area contributed by atoms with E-state index >= 15 is 0 Å². The monoisotopic (exact) mass is 168 g/mol. The largest absolute Gasteiger partial charge is 0.393 e. The molecule has 1 nitrogen and oxygen atoms in total. The second kappa shape index (κ2) is 3.02. The first kappa shape index (κ1) is 8.55. The van der Waals surface area contributed by atoms with Crippen molar-refractivity contribution in [1.29, 1.82) is 0 Å². The number of unbranched alkanes of at least 4 members (excludes halogenated alkanes) is 1. The molecule has 12 heavy (non-hydrogen) atoms. The predicted molar refractivity (Wildman–Crippen MR) is 49.9 cm³/mol. The number of rotatable bonds is 3. The molecule has 0 amide bonds. The summed E-state index contributed by atoms with van der Waals surface area (Å²) in [6.45, 7) is 2.26. The van der Waals surface area contributed by atoms with Gasteiger partial charge >= 0.3 is 0 Å². The minimum Gasteiger partial charge on any atom is -0.393 e. The third kappa shape index (κ3) is 1.28. The van der Waals surface area contributed by atoms with E-state index in [0.717, 1.165) is 6.42 Å². The zero-order valence-electron chi connectivity index (χ0n) is 8.05. The Bertz CT molecular complexity index is 166. The maximum atomic E-state index is 9.68. The molecule has 2 saturated carbocycles. The SMILES string of the molecule is CCCC[C@@]12CCC[C@H](O)[C@@H]1C2. The van der Waals surface area contributed by atoms with Crippen LogP contribution >= 0.6 is 0 Å². The smallest absolute Gasteiger partial charge is 0.0573 e. The van der Waals surface area contributed by atoms with Crippen LogP contribution in [0.2, 0.25) is 0 Å². The molecule has 2 rings (SSSR count). The van der Waals surface area contributed by atoms with E-state index < -0.39 is 0 Å². The Balaban J connectivity index is 1.88. The van der Waals surface area contributed by atoms with E-state index in [9.17, 15) is 5.11 Å².